The Morgan fingerprint density at radius 3 is 1.27 bits per heavy atom. The van der Waals surface area contributed by atoms with E-state index < -0.39 is 147 Å². The van der Waals surface area contributed by atoms with Crippen LogP contribution in [0.3, 0.4) is 0 Å². The van der Waals surface area contributed by atoms with Gasteiger partial charge in [0.15, 0.2) is 5.60 Å². The van der Waals surface area contributed by atoms with Crippen molar-refractivity contribution in [2.24, 2.45) is 7.05 Å². The highest BCUT2D eigenvalue weighted by Crippen LogP contribution is 2.41. The molecule has 654 valence electrons. The first-order chi connectivity index (χ1) is 57.3. The van der Waals surface area contributed by atoms with E-state index in [1.807, 2.05) is 26.1 Å². The lowest BCUT2D eigenvalue weighted by atomic mass is 9.55. The summed E-state index contributed by atoms with van der Waals surface area (Å²) in [6.07, 6.45) is 2.99. The van der Waals surface area contributed by atoms with Gasteiger partial charge in [0.25, 0.3) is 54.2 Å². The summed E-state index contributed by atoms with van der Waals surface area (Å²) in [6.45, 7) is 19.1. The molecule has 8 aromatic rings. The van der Waals surface area contributed by atoms with E-state index in [1.54, 1.807) is 65.1 Å². The van der Waals surface area contributed by atoms with Crippen LogP contribution in [-0.2, 0) is 52.7 Å². The topological polar surface area (TPSA) is 310 Å². The number of aromatic nitrogens is 1. The van der Waals surface area contributed by atoms with Crippen molar-refractivity contribution in [2.45, 2.75) is 148 Å². The van der Waals surface area contributed by atoms with Crippen molar-refractivity contribution < 1.29 is 111 Å². The first-order valence-electron chi connectivity index (χ1n) is 38.6. The molecule has 38 heteroatoms. The smallest absolute Gasteiger partial charge is 0.450 e. The van der Waals surface area contributed by atoms with Crippen LogP contribution in [0.4, 0.5) is 71.0 Å². The molecule has 1 aromatic heterocycles. The van der Waals surface area contributed by atoms with Gasteiger partial charge in [0, 0.05) is 102 Å². The zero-order valence-electron chi connectivity index (χ0n) is 69.2. The van der Waals surface area contributed by atoms with Crippen molar-refractivity contribution >= 4 is 114 Å². The number of rotatable bonds is 19. The zero-order chi connectivity index (χ0) is 91.6. The third-order valence-electron chi connectivity index (χ3n) is 20.7. The molecule has 0 bridgehead atoms. The number of likely N-dealkylation sites (tertiary alicyclic amines) is 1. The fourth-order valence-electron chi connectivity index (χ4n) is 13.6. The maximum absolute atomic E-state index is 15.0. The SMILES string of the molecule is CB(O)C1=CCN(C(=O)C(Cl)(Cl)c2cc(C(=O)Nc3ccc(F)c(C)c3)ccc2F)CC1.CB(O)C1CCN(C(=O)C(F)(F)c2cc(C(=O)Nc3ccc(F)c(C)c3)ccc2F)CC1.Cc1cc(NC(=O)c2c(C)c(C(C)(O)C(=O)NC(C)(C)C)c(C)n2C)ccc1F.Cc1cc(NC(=O)c2ccc(F)c(C(F)(F)C(=O)N[C@H]3CCOB3O)c2)ccc1F. The van der Waals surface area contributed by atoms with Gasteiger partial charge in [-0.25, -0.2) is 30.7 Å². The Morgan fingerprint density at radius 2 is 0.902 bits per heavy atom. The molecular formula is C85H91B3Cl2F11N9O13. The standard InChI is InChI=1S/C22H21BCl2F2N2O3.C22H23BF4N2O3.C22H30FN3O3.C19H17BF4N2O4/c1-13-11-16(4-6-18(13)26)28-20(30)14-3-5-19(27)17(12-14)22(24,25)21(31)29-9-7-15(8-10-29)23(2)32;1-13-11-16(4-6-18(13)24)28-20(30)14-3-5-19(25)17(12-14)22(26,27)21(31)29-9-7-15(8-10-29)23(2)32;1-12-11-15(9-10-16(12)23)24-19(27)18-13(2)17(14(3)26(18)8)22(7,29)20(28)25-21(4,5)6;1-10-8-12(3-5-14(10)21)25-17(27)11-2-4-15(22)13(9-11)19(23,24)18(28)26-16-6-7-30-20(16)29/h3-7,11-12,32H,8-10H2,1-2H3,(H,28,30);3-6,11-12,15,32H,7-10H2,1-2H3,(H,28,30);9-11,29H,1-8H3,(H,24,27)(H,25,28);2-5,8-9,16,29H,6-7H2,1H3,(H,25,27)(H,26,28)/t;;;16-/m...0/s1. The average Bonchev–Trinajstić information content (AvgIpc) is 1.62. The minimum atomic E-state index is -4.31. The Labute approximate surface area is 713 Å². The second-order valence-electron chi connectivity index (χ2n) is 31.2. The van der Waals surface area contributed by atoms with Crippen LogP contribution >= 0.6 is 23.2 Å². The van der Waals surface area contributed by atoms with Crippen LogP contribution in [0.15, 0.2) is 139 Å². The van der Waals surface area contributed by atoms with Crippen LogP contribution in [0.2, 0.25) is 19.5 Å². The minimum Gasteiger partial charge on any atom is -0.450 e. The molecule has 0 saturated carbocycles. The summed E-state index contributed by atoms with van der Waals surface area (Å²) in [7, 11) is 0.264. The second-order valence-corrected chi connectivity index (χ2v) is 32.5. The van der Waals surface area contributed by atoms with Crippen LogP contribution in [0.1, 0.15) is 151 Å². The van der Waals surface area contributed by atoms with Crippen LogP contribution < -0.4 is 31.9 Å². The lowest BCUT2D eigenvalue weighted by Gasteiger charge is -2.34. The maximum Gasteiger partial charge on any atom is 0.478 e. The normalized spacial score (nSPS) is 14.8. The van der Waals surface area contributed by atoms with Crippen LogP contribution in [-0.4, -0.2) is 147 Å². The highest BCUT2D eigenvalue weighted by Gasteiger charge is 2.50. The van der Waals surface area contributed by atoms with E-state index in [-0.39, 0.29) is 95.6 Å². The molecule has 2 fully saturated rings. The molecule has 0 aliphatic carbocycles. The summed E-state index contributed by atoms with van der Waals surface area (Å²) in [6, 6.07) is 23.9. The highest BCUT2D eigenvalue weighted by molar-refractivity contribution is 6.58. The van der Waals surface area contributed by atoms with E-state index in [0.717, 1.165) is 46.8 Å². The Hall–Kier alpha value is -10.9. The van der Waals surface area contributed by atoms with Crippen molar-refractivity contribution in [1.29, 1.82) is 0 Å². The molecular weight excluding hydrogens is 1670 g/mol. The number of nitrogens with one attached hydrogen (secondary N) is 6. The van der Waals surface area contributed by atoms with Gasteiger partial charge in [0.05, 0.1) is 17.1 Å². The van der Waals surface area contributed by atoms with Crippen molar-refractivity contribution in [2.75, 3.05) is 54.1 Å². The quantitative estimate of drug-likeness (QED) is 0.0205. The van der Waals surface area contributed by atoms with Gasteiger partial charge in [-0.05, 0) is 256 Å². The van der Waals surface area contributed by atoms with Gasteiger partial charge in [-0.1, -0.05) is 48.4 Å². The van der Waals surface area contributed by atoms with Gasteiger partial charge >= 0.3 is 25.9 Å². The van der Waals surface area contributed by atoms with Gasteiger partial charge in [-0.2, -0.15) is 17.6 Å². The minimum absolute atomic E-state index is 0.0235. The van der Waals surface area contributed by atoms with E-state index in [2.05, 4.69) is 26.6 Å². The molecule has 11 rings (SSSR count). The fourth-order valence-corrected chi connectivity index (χ4v) is 14.1. The summed E-state index contributed by atoms with van der Waals surface area (Å²) in [5.74, 6) is -22.2. The largest absolute Gasteiger partial charge is 0.478 e. The number of carbonyl (C=O) groups excluding carboxylic acids is 8. The Morgan fingerprint density at radius 1 is 0.512 bits per heavy atom. The molecule has 10 N–H and O–H groups in total. The number of alkyl halides is 6. The van der Waals surface area contributed by atoms with Crippen molar-refractivity contribution in [1.82, 2.24) is 25.0 Å². The van der Waals surface area contributed by atoms with E-state index in [0.29, 0.717) is 88.5 Å². The number of hydrogen-bond donors (Lipinski definition) is 10. The molecule has 0 spiro atoms. The van der Waals surface area contributed by atoms with Crippen molar-refractivity contribution in [3.8, 4) is 0 Å². The Kier molecular flexibility index (Phi) is 31.9. The van der Waals surface area contributed by atoms with Gasteiger partial charge in [-0.3, -0.25) is 38.4 Å². The van der Waals surface area contributed by atoms with Gasteiger partial charge < -0.3 is 71.1 Å². The van der Waals surface area contributed by atoms with E-state index in [9.17, 15) is 107 Å². The summed E-state index contributed by atoms with van der Waals surface area (Å²) in [5, 5.41) is 54.7. The van der Waals surface area contributed by atoms with Gasteiger partial charge in [0.2, 0.25) is 4.33 Å². The maximum atomic E-state index is 15.0. The molecule has 7 aromatic carbocycles. The van der Waals surface area contributed by atoms with Crippen LogP contribution in [0.25, 0.3) is 0 Å². The average molecular weight is 1760 g/mol. The fraction of sp³-hybridized carbons (Fsp3) is 0.341. The van der Waals surface area contributed by atoms with E-state index in [4.69, 9.17) is 27.9 Å². The Bertz CT molecular complexity index is 5380. The molecule has 8 amide bonds. The van der Waals surface area contributed by atoms with Crippen molar-refractivity contribution in [3.05, 3.63) is 258 Å². The number of anilines is 4. The number of nitrogens with zero attached hydrogens (tertiary/aromatic N) is 3. The van der Waals surface area contributed by atoms with E-state index in [1.165, 1.54) is 86.3 Å². The predicted octanol–water partition coefficient (Wildman–Crippen LogP) is 14.7. The number of carbonyl (C=O) groups is 8. The zero-order valence-corrected chi connectivity index (χ0v) is 70.7. The number of halogens is 13. The van der Waals surface area contributed by atoms with Gasteiger partial charge in [-0.15, -0.1) is 0 Å². The number of hydrogen-bond acceptors (Lipinski definition) is 13. The molecule has 3 aliphatic rings. The number of aliphatic hydroxyl groups is 1. The molecule has 0 radical (unpaired) electrons. The second kappa shape index (κ2) is 40.2. The highest BCUT2D eigenvalue weighted by atomic mass is 35.5. The first kappa shape index (κ1) is 97.6. The molecule has 1 unspecified atom stereocenters. The summed E-state index contributed by atoms with van der Waals surface area (Å²) >= 11 is 12.6. The number of aryl methyl sites for hydroxylation is 4. The molecule has 3 aliphatic heterocycles. The molecule has 22 nitrogen and oxygen atoms in total. The lowest BCUT2D eigenvalue weighted by Crippen LogP contribution is -2.50. The van der Waals surface area contributed by atoms with E-state index >= 15 is 0 Å². The molecule has 2 saturated heterocycles. The summed E-state index contributed by atoms with van der Waals surface area (Å²) in [4.78, 5) is 103. The van der Waals surface area contributed by atoms with Crippen molar-refractivity contribution in [3.63, 3.8) is 0 Å². The molecule has 2 atom stereocenters. The lowest BCUT2D eigenvalue weighted by molar-refractivity contribution is -0.160. The van der Waals surface area contributed by atoms with Crippen LogP contribution in [0.5, 0.6) is 0 Å². The Balaban J connectivity index is 0.000000204. The first-order valence-corrected chi connectivity index (χ1v) is 39.3. The third-order valence-corrected chi connectivity index (χ3v) is 21.4. The summed E-state index contributed by atoms with van der Waals surface area (Å²) < 4.78 is 160. The van der Waals surface area contributed by atoms with Gasteiger partial charge in [0.1, 0.15) is 46.4 Å². The molecule has 4 heterocycles. The number of amides is 8. The molecule has 123 heavy (non-hydrogen) atoms. The monoisotopic (exact) mass is 1760 g/mol. The summed E-state index contributed by atoms with van der Waals surface area (Å²) in [5.41, 5.74) is -0.540. The predicted molar refractivity (Wildman–Crippen MR) is 446 cm³/mol. The number of piperidine rings is 1. The van der Waals surface area contributed by atoms with Crippen LogP contribution in [0, 0.1) is 82.3 Å². The third kappa shape index (κ3) is 23.9. The number of benzene rings is 7.